The Hall–Kier alpha value is -2.38. The third-order valence-corrected chi connectivity index (χ3v) is 22.3. The Bertz CT molecular complexity index is 1760. The van der Waals surface area contributed by atoms with Crippen LogP contribution in [0.1, 0.15) is 537 Å². The fourth-order valence-corrected chi connectivity index (χ4v) is 14.5. The first-order chi connectivity index (χ1) is 56.9. The number of hydrogen-bond donors (Lipinski definition) is 7. The topological polar surface area (TPSA) is 264 Å². The molecule has 117 heavy (non-hydrogen) atoms. The minimum Gasteiger partial charge on any atom is -0.481 e. The molecule has 0 bridgehead atoms. The molecule has 0 atom stereocenters. The summed E-state index contributed by atoms with van der Waals surface area (Å²) in [6.45, 7) is 22.6. The monoisotopic (exact) mass is 1800 g/mol. The number of esters is 2. The van der Waals surface area contributed by atoms with Gasteiger partial charge in [0.25, 0.3) is 6.47 Å². The molecular formula is C99H199Br2NO15. The lowest BCUT2D eigenvalue weighted by Crippen LogP contribution is -2.19. The van der Waals surface area contributed by atoms with E-state index in [0.29, 0.717) is 38.9 Å². The SMILES string of the molecule is CCCCCCCCC(CCCCCCCC)OC(=O)CCCCCCCBr.CCCCCCCCC(CCCCCCCC)OC(=O)CCCCCCCNCCO.CCCCCCCCC(O)CCCCCCCC.CCCCCCCCC(O)CCCCCCCC.CCOC=O.O=C(O)C(=O)O.O=C(O)CCCCCCCBr. The number of nitrogens with one attached hydrogen (secondary N) is 1. The minimum absolute atomic E-state index is 0.0200. The van der Waals surface area contributed by atoms with Gasteiger partial charge in [-0.05, 0) is 129 Å². The molecule has 704 valence electrons. The molecule has 0 aromatic carbocycles. The van der Waals surface area contributed by atoms with Crippen LogP contribution in [-0.2, 0) is 43.0 Å². The molecule has 0 spiro atoms. The molecule has 0 aromatic rings. The molecule has 0 amide bonds. The highest BCUT2D eigenvalue weighted by Crippen LogP contribution is 2.22. The zero-order valence-electron chi connectivity index (χ0n) is 78.6. The molecule has 0 unspecified atom stereocenters. The van der Waals surface area contributed by atoms with Gasteiger partial charge in [-0.15, -0.1) is 0 Å². The number of carbonyl (C=O) groups is 6. The van der Waals surface area contributed by atoms with Gasteiger partial charge in [0.2, 0.25) is 0 Å². The number of rotatable bonds is 84. The van der Waals surface area contributed by atoms with Crippen molar-refractivity contribution in [3.05, 3.63) is 0 Å². The van der Waals surface area contributed by atoms with Crippen LogP contribution in [0.5, 0.6) is 0 Å². The van der Waals surface area contributed by atoms with Crippen molar-refractivity contribution < 1.29 is 73.6 Å². The first-order valence-corrected chi connectivity index (χ1v) is 52.1. The van der Waals surface area contributed by atoms with E-state index in [1.165, 1.54) is 360 Å². The number of hydrogen-bond acceptors (Lipinski definition) is 13. The number of carbonyl (C=O) groups excluding carboxylic acids is 3. The number of alkyl halides is 2. The predicted molar refractivity (Wildman–Crippen MR) is 507 cm³/mol. The zero-order valence-corrected chi connectivity index (χ0v) is 81.7. The standard InChI is InChI=1S/C27H55NO3.C25H49BrO2.2C17H36O.C8H15BrO2.C3H6O2.C2H2O4/c1-3-5-7-9-12-16-20-26(21-17-13-10-8-6-4-2)31-27(30)22-18-14-11-15-19-23-28-24-25-29;1-3-5-7-9-12-16-20-24(21-17-13-10-8-6-4-2)28-25(27)22-18-14-11-15-19-23-26;2*1-3-5-7-9-11-13-15-17(18)16-14-12-10-8-6-4-2;9-7-5-3-1-2-4-6-8(10)11;1-2-5-3-4;3-1(4)2(5)6/h26,28-29H,3-25H2,1-2H3;24H,3-23H2,1-2H3;2*17-18H,3-16H2,1-2H3;1-7H2,(H,10,11);3H,2H2,1H3;(H,3,4)(H,5,6). The number of ether oxygens (including phenoxy) is 3. The molecule has 0 heterocycles. The number of carboxylic acids is 3. The largest absolute Gasteiger partial charge is 0.481 e. The van der Waals surface area contributed by atoms with E-state index in [9.17, 15) is 29.4 Å². The van der Waals surface area contributed by atoms with Gasteiger partial charge in [0.05, 0.1) is 25.4 Å². The Balaban J connectivity index is -0.000000258. The van der Waals surface area contributed by atoms with Gasteiger partial charge >= 0.3 is 29.8 Å². The van der Waals surface area contributed by atoms with E-state index >= 15 is 0 Å². The van der Waals surface area contributed by atoms with Crippen molar-refractivity contribution in [1.29, 1.82) is 0 Å². The summed E-state index contributed by atoms with van der Waals surface area (Å²) < 4.78 is 15.9. The van der Waals surface area contributed by atoms with Gasteiger partial charge in [-0.1, -0.05) is 428 Å². The van der Waals surface area contributed by atoms with Crippen molar-refractivity contribution in [2.45, 2.75) is 562 Å². The molecule has 0 aliphatic heterocycles. The summed E-state index contributed by atoms with van der Waals surface area (Å²) in [5.41, 5.74) is 0. The van der Waals surface area contributed by atoms with Crippen molar-refractivity contribution in [3.63, 3.8) is 0 Å². The van der Waals surface area contributed by atoms with Gasteiger partial charge < -0.3 is 50.2 Å². The fourth-order valence-electron chi connectivity index (χ4n) is 13.7. The molecule has 0 fully saturated rings. The van der Waals surface area contributed by atoms with Crippen LogP contribution in [0.4, 0.5) is 0 Å². The van der Waals surface area contributed by atoms with Crippen molar-refractivity contribution in [1.82, 2.24) is 5.32 Å². The van der Waals surface area contributed by atoms with Gasteiger partial charge in [0.1, 0.15) is 12.2 Å². The lowest BCUT2D eigenvalue weighted by molar-refractivity contribution is -0.159. The summed E-state index contributed by atoms with van der Waals surface area (Å²) in [7, 11) is 0. The molecule has 0 radical (unpaired) electrons. The average Bonchev–Trinajstić information content (AvgIpc) is 0.977. The summed E-state index contributed by atoms with van der Waals surface area (Å²) in [4.78, 5) is 62.1. The molecule has 7 N–H and O–H groups in total. The van der Waals surface area contributed by atoms with Crippen molar-refractivity contribution in [2.75, 3.05) is 37.0 Å². The predicted octanol–water partition coefficient (Wildman–Crippen LogP) is 30.3. The van der Waals surface area contributed by atoms with Crippen LogP contribution in [0.2, 0.25) is 0 Å². The Morgan fingerprint density at radius 3 is 0.709 bits per heavy atom. The molecular weight excluding hydrogens is 1600 g/mol. The third-order valence-electron chi connectivity index (χ3n) is 21.2. The van der Waals surface area contributed by atoms with E-state index in [2.05, 4.69) is 97.3 Å². The molecule has 0 aliphatic carbocycles. The molecule has 0 saturated carbocycles. The number of carboxylic acid groups (broad SMARTS) is 3. The normalized spacial score (nSPS) is 10.8. The van der Waals surface area contributed by atoms with Crippen molar-refractivity contribution in [3.8, 4) is 0 Å². The van der Waals surface area contributed by atoms with E-state index in [4.69, 9.17) is 39.5 Å². The Labute approximate surface area is 741 Å². The van der Waals surface area contributed by atoms with Crippen molar-refractivity contribution in [2.24, 2.45) is 0 Å². The highest BCUT2D eigenvalue weighted by molar-refractivity contribution is 9.09. The van der Waals surface area contributed by atoms with E-state index in [0.717, 1.165) is 114 Å². The van der Waals surface area contributed by atoms with Crippen LogP contribution in [-0.4, -0.2) is 128 Å². The van der Waals surface area contributed by atoms with Crippen LogP contribution < -0.4 is 5.32 Å². The maximum atomic E-state index is 12.4. The zero-order chi connectivity index (χ0) is 88.3. The van der Waals surface area contributed by atoms with Crippen LogP contribution >= 0.6 is 31.9 Å². The van der Waals surface area contributed by atoms with Gasteiger partial charge in [0, 0.05) is 36.5 Å². The second-order valence-corrected chi connectivity index (χ2v) is 34.5. The molecule has 0 saturated heterocycles. The Morgan fingerprint density at radius 2 is 0.504 bits per heavy atom. The first kappa shape index (κ1) is 128. The molecule has 0 aliphatic rings. The number of aliphatic hydroxyl groups excluding tert-OH is 3. The summed E-state index contributed by atoms with van der Waals surface area (Å²) in [6.07, 6.45) is 90.1. The number of aliphatic hydroxyl groups is 3. The average molecular weight is 1800 g/mol. The van der Waals surface area contributed by atoms with E-state index in [-0.39, 0.29) is 43.0 Å². The minimum atomic E-state index is -1.82. The summed E-state index contributed by atoms with van der Waals surface area (Å²) >= 11 is 6.82. The van der Waals surface area contributed by atoms with E-state index in [1.807, 2.05) is 0 Å². The highest BCUT2D eigenvalue weighted by atomic mass is 79.9. The highest BCUT2D eigenvalue weighted by Gasteiger charge is 2.17. The molecule has 0 aromatic heterocycles. The fraction of sp³-hybridized carbons (Fsp3) is 0.939. The van der Waals surface area contributed by atoms with Gasteiger partial charge in [-0.2, -0.15) is 0 Å². The third kappa shape index (κ3) is 134. The van der Waals surface area contributed by atoms with Gasteiger partial charge in [-0.25, -0.2) is 9.59 Å². The summed E-state index contributed by atoms with van der Waals surface area (Å²) in [5, 5.41) is 56.9. The Kier molecular flexibility index (Phi) is 131. The first-order valence-electron chi connectivity index (χ1n) is 49.8. The second-order valence-electron chi connectivity index (χ2n) is 32.9. The molecule has 18 heteroatoms. The molecule has 16 nitrogen and oxygen atoms in total. The van der Waals surface area contributed by atoms with Crippen LogP contribution in [0.15, 0.2) is 0 Å². The van der Waals surface area contributed by atoms with E-state index in [1.54, 1.807) is 6.92 Å². The lowest BCUT2D eigenvalue weighted by Gasteiger charge is -2.18. The second kappa shape index (κ2) is 120. The Morgan fingerprint density at radius 1 is 0.291 bits per heavy atom. The van der Waals surface area contributed by atoms with E-state index < -0.39 is 17.9 Å². The van der Waals surface area contributed by atoms with Crippen LogP contribution in [0, 0.1) is 0 Å². The lowest BCUT2D eigenvalue weighted by atomic mass is 10.0. The van der Waals surface area contributed by atoms with Gasteiger partial charge in [0.15, 0.2) is 0 Å². The smallest absolute Gasteiger partial charge is 0.414 e. The maximum Gasteiger partial charge on any atom is 0.414 e. The van der Waals surface area contributed by atoms with Crippen LogP contribution in [0.3, 0.4) is 0 Å². The number of halogens is 2. The van der Waals surface area contributed by atoms with Crippen molar-refractivity contribution >= 4 is 68.2 Å². The summed E-state index contributed by atoms with van der Waals surface area (Å²) in [6, 6.07) is 0. The maximum absolute atomic E-state index is 12.4. The number of unbranched alkanes of at least 4 members (excludes halogenated alkanes) is 52. The van der Waals surface area contributed by atoms with Crippen LogP contribution in [0.25, 0.3) is 0 Å². The summed E-state index contributed by atoms with van der Waals surface area (Å²) in [5.74, 6) is -4.26. The number of aliphatic carboxylic acids is 3. The van der Waals surface area contributed by atoms with Gasteiger partial charge in [-0.3, -0.25) is 19.2 Å². The molecule has 0 rings (SSSR count). The quantitative estimate of drug-likeness (QED) is 0.00745.